The predicted octanol–water partition coefficient (Wildman–Crippen LogP) is 2.13. The maximum atomic E-state index is 6.45. The Balaban J connectivity index is 1.81. The van der Waals surface area contributed by atoms with E-state index in [0.29, 0.717) is 0 Å². The fraction of sp³-hybridized carbons (Fsp3) is 1.00. The highest BCUT2D eigenvalue weighted by Gasteiger charge is 2.29. The summed E-state index contributed by atoms with van der Waals surface area (Å²) in [6.45, 7) is 3.74. The van der Waals surface area contributed by atoms with Crippen molar-refractivity contribution >= 4 is 0 Å². The Hall–Kier alpha value is -0.0800. The first kappa shape index (κ1) is 10.4. The first-order valence-corrected chi connectivity index (χ1v) is 6.30. The van der Waals surface area contributed by atoms with Crippen LogP contribution < -0.4 is 5.73 Å². The molecule has 0 spiro atoms. The Morgan fingerprint density at radius 1 is 0.857 bits per heavy atom. The molecule has 0 atom stereocenters. The molecule has 0 amide bonds. The van der Waals surface area contributed by atoms with Gasteiger partial charge in [-0.05, 0) is 38.8 Å². The lowest BCUT2D eigenvalue weighted by atomic mass is 9.82. The van der Waals surface area contributed by atoms with Gasteiger partial charge in [-0.15, -0.1) is 0 Å². The summed E-state index contributed by atoms with van der Waals surface area (Å²) in [5.41, 5.74) is 6.61. The summed E-state index contributed by atoms with van der Waals surface area (Å²) in [6.07, 6.45) is 10.8. The van der Waals surface area contributed by atoms with E-state index in [1.807, 2.05) is 0 Å². The minimum absolute atomic E-state index is 0.162. The van der Waals surface area contributed by atoms with E-state index in [-0.39, 0.29) is 5.54 Å². The van der Waals surface area contributed by atoms with Crippen LogP contribution in [0.2, 0.25) is 0 Å². The molecular weight excluding hydrogens is 172 g/mol. The van der Waals surface area contributed by atoms with Crippen LogP contribution in [0, 0.1) is 0 Å². The molecule has 0 bridgehead atoms. The highest BCUT2D eigenvalue weighted by Crippen LogP contribution is 2.27. The maximum absolute atomic E-state index is 6.45. The third-order valence-corrected chi connectivity index (χ3v) is 3.84. The van der Waals surface area contributed by atoms with E-state index in [1.165, 1.54) is 64.5 Å². The van der Waals surface area contributed by atoms with Crippen LogP contribution in [0.25, 0.3) is 0 Å². The first-order valence-electron chi connectivity index (χ1n) is 6.30. The third-order valence-electron chi connectivity index (χ3n) is 3.84. The molecule has 1 aliphatic heterocycles. The van der Waals surface area contributed by atoms with Gasteiger partial charge in [-0.2, -0.15) is 0 Å². The molecule has 1 heterocycles. The number of hydrogen-bond acceptors (Lipinski definition) is 2. The monoisotopic (exact) mass is 196 g/mol. The standard InChI is InChI=1S/C12H24N2/c13-12(7-3-1-4-8-12)11-14-9-5-2-6-10-14/h1-11,13H2. The Morgan fingerprint density at radius 3 is 2.07 bits per heavy atom. The van der Waals surface area contributed by atoms with Crippen molar-refractivity contribution in [3.8, 4) is 0 Å². The summed E-state index contributed by atoms with van der Waals surface area (Å²) in [5.74, 6) is 0. The lowest BCUT2D eigenvalue weighted by Crippen LogP contribution is -2.52. The zero-order chi connectivity index (χ0) is 9.86. The van der Waals surface area contributed by atoms with Crippen LogP contribution in [0.4, 0.5) is 0 Å². The molecule has 2 nitrogen and oxygen atoms in total. The molecular formula is C12H24N2. The van der Waals surface area contributed by atoms with E-state index >= 15 is 0 Å². The predicted molar refractivity (Wildman–Crippen MR) is 60.3 cm³/mol. The molecule has 0 aromatic rings. The number of hydrogen-bond donors (Lipinski definition) is 1. The van der Waals surface area contributed by atoms with Gasteiger partial charge in [0.1, 0.15) is 0 Å². The fourth-order valence-corrected chi connectivity index (χ4v) is 2.98. The quantitative estimate of drug-likeness (QED) is 0.733. The molecule has 1 saturated carbocycles. The molecule has 2 rings (SSSR count). The minimum Gasteiger partial charge on any atom is -0.324 e. The second-order valence-electron chi connectivity index (χ2n) is 5.26. The second kappa shape index (κ2) is 4.63. The molecule has 14 heavy (non-hydrogen) atoms. The van der Waals surface area contributed by atoms with E-state index in [9.17, 15) is 0 Å². The molecule has 2 N–H and O–H groups in total. The SMILES string of the molecule is NC1(CN2CCCCC2)CCCCC1. The number of likely N-dealkylation sites (tertiary alicyclic amines) is 1. The van der Waals surface area contributed by atoms with Gasteiger partial charge in [0.25, 0.3) is 0 Å². The van der Waals surface area contributed by atoms with Gasteiger partial charge < -0.3 is 10.6 Å². The smallest absolute Gasteiger partial charge is 0.0283 e. The van der Waals surface area contributed by atoms with Crippen LogP contribution in [0.3, 0.4) is 0 Å². The summed E-state index contributed by atoms with van der Waals surface area (Å²) in [6, 6.07) is 0. The zero-order valence-corrected chi connectivity index (χ0v) is 9.30. The van der Waals surface area contributed by atoms with Crippen molar-refractivity contribution in [3.63, 3.8) is 0 Å². The van der Waals surface area contributed by atoms with Crippen LogP contribution >= 0.6 is 0 Å². The Morgan fingerprint density at radius 2 is 1.43 bits per heavy atom. The van der Waals surface area contributed by atoms with Crippen molar-refractivity contribution in [3.05, 3.63) is 0 Å². The van der Waals surface area contributed by atoms with Crippen molar-refractivity contribution in [1.82, 2.24) is 4.90 Å². The van der Waals surface area contributed by atoms with Gasteiger partial charge in [0.15, 0.2) is 0 Å². The molecule has 82 valence electrons. The van der Waals surface area contributed by atoms with E-state index in [2.05, 4.69) is 4.90 Å². The van der Waals surface area contributed by atoms with Gasteiger partial charge in [-0.1, -0.05) is 25.7 Å². The summed E-state index contributed by atoms with van der Waals surface area (Å²) < 4.78 is 0. The average Bonchev–Trinajstić information content (AvgIpc) is 2.19. The molecule has 2 fully saturated rings. The molecule has 0 unspecified atom stereocenters. The number of nitrogens with two attached hydrogens (primary N) is 1. The average molecular weight is 196 g/mol. The van der Waals surface area contributed by atoms with Crippen LogP contribution in [0.15, 0.2) is 0 Å². The third kappa shape index (κ3) is 2.71. The number of rotatable bonds is 2. The zero-order valence-electron chi connectivity index (χ0n) is 9.30. The summed E-state index contributed by atoms with van der Waals surface area (Å²) in [7, 11) is 0. The van der Waals surface area contributed by atoms with Crippen LogP contribution in [0.5, 0.6) is 0 Å². The van der Waals surface area contributed by atoms with Crippen molar-refractivity contribution < 1.29 is 0 Å². The first-order chi connectivity index (χ1) is 6.79. The molecule has 0 aromatic heterocycles. The van der Waals surface area contributed by atoms with Crippen molar-refractivity contribution in [2.75, 3.05) is 19.6 Å². The molecule has 2 aliphatic rings. The van der Waals surface area contributed by atoms with Gasteiger partial charge in [-0.3, -0.25) is 0 Å². The van der Waals surface area contributed by atoms with Gasteiger partial charge in [0.2, 0.25) is 0 Å². The molecule has 2 heteroatoms. The Labute approximate surface area is 87.8 Å². The van der Waals surface area contributed by atoms with Gasteiger partial charge in [0.05, 0.1) is 0 Å². The van der Waals surface area contributed by atoms with Crippen molar-refractivity contribution in [2.45, 2.75) is 56.9 Å². The maximum Gasteiger partial charge on any atom is 0.0283 e. The van der Waals surface area contributed by atoms with Crippen molar-refractivity contribution in [2.24, 2.45) is 5.73 Å². The highest BCUT2D eigenvalue weighted by atomic mass is 15.1. The van der Waals surface area contributed by atoms with E-state index in [4.69, 9.17) is 5.73 Å². The van der Waals surface area contributed by atoms with Gasteiger partial charge in [0, 0.05) is 12.1 Å². The molecule has 0 radical (unpaired) electrons. The van der Waals surface area contributed by atoms with Crippen LogP contribution in [-0.4, -0.2) is 30.1 Å². The minimum atomic E-state index is 0.162. The molecule has 1 saturated heterocycles. The van der Waals surface area contributed by atoms with Crippen LogP contribution in [-0.2, 0) is 0 Å². The number of piperidine rings is 1. The number of nitrogens with zero attached hydrogens (tertiary/aromatic N) is 1. The van der Waals surface area contributed by atoms with E-state index in [0.717, 1.165) is 6.54 Å². The van der Waals surface area contributed by atoms with Gasteiger partial charge >= 0.3 is 0 Å². The van der Waals surface area contributed by atoms with E-state index < -0.39 is 0 Å². The molecule has 1 aliphatic carbocycles. The summed E-state index contributed by atoms with van der Waals surface area (Å²) >= 11 is 0. The normalized spacial score (nSPS) is 28.9. The molecule has 0 aromatic carbocycles. The Bertz CT molecular complexity index is 167. The van der Waals surface area contributed by atoms with Gasteiger partial charge in [-0.25, -0.2) is 0 Å². The lowest BCUT2D eigenvalue weighted by Gasteiger charge is -2.39. The topological polar surface area (TPSA) is 29.3 Å². The second-order valence-corrected chi connectivity index (χ2v) is 5.26. The fourth-order valence-electron chi connectivity index (χ4n) is 2.98. The largest absolute Gasteiger partial charge is 0.324 e. The lowest BCUT2D eigenvalue weighted by molar-refractivity contribution is 0.151. The Kier molecular flexibility index (Phi) is 3.45. The summed E-state index contributed by atoms with van der Waals surface area (Å²) in [5, 5.41) is 0. The van der Waals surface area contributed by atoms with E-state index in [1.54, 1.807) is 0 Å². The van der Waals surface area contributed by atoms with Crippen LogP contribution in [0.1, 0.15) is 51.4 Å². The summed E-state index contributed by atoms with van der Waals surface area (Å²) in [4.78, 5) is 2.59. The highest BCUT2D eigenvalue weighted by molar-refractivity contribution is 4.90. The van der Waals surface area contributed by atoms with Crippen molar-refractivity contribution in [1.29, 1.82) is 0 Å².